The summed E-state index contributed by atoms with van der Waals surface area (Å²) in [5.74, 6) is -0.634. The Labute approximate surface area is 91.0 Å². The molecule has 1 atom stereocenters. The first-order valence-electron chi connectivity index (χ1n) is 4.23. The van der Waals surface area contributed by atoms with Gasteiger partial charge in [-0.15, -0.1) is 11.8 Å². The molecule has 1 aromatic carbocycles. The van der Waals surface area contributed by atoms with Crippen molar-refractivity contribution in [1.29, 1.82) is 0 Å². The van der Waals surface area contributed by atoms with Crippen molar-refractivity contribution in [2.45, 2.75) is 10.9 Å². The SMILES string of the molecule is NC(=O)C(N)CSc1ccc(F)cc1N. The molecule has 0 fully saturated rings. The third kappa shape index (κ3) is 3.41. The molecule has 15 heavy (non-hydrogen) atoms. The highest BCUT2D eigenvalue weighted by Gasteiger charge is 2.10. The van der Waals surface area contributed by atoms with Gasteiger partial charge in [0, 0.05) is 16.3 Å². The van der Waals surface area contributed by atoms with Crippen LogP contribution in [0.25, 0.3) is 0 Å². The number of hydrogen-bond acceptors (Lipinski definition) is 4. The molecule has 0 aliphatic rings. The average Bonchev–Trinajstić information content (AvgIpc) is 2.15. The lowest BCUT2D eigenvalue weighted by Gasteiger charge is -2.08. The molecule has 1 amide bonds. The maximum absolute atomic E-state index is 12.7. The normalized spacial score (nSPS) is 12.4. The predicted molar refractivity (Wildman–Crippen MR) is 58.7 cm³/mol. The molecule has 0 aromatic heterocycles. The van der Waals surface area contributed by atoms with Crippen molar-refractivity contribution in [3.8, 4) is 0 Å². The zero-order chi connectivity index (χ0) is 11.4. The lowest BCUT2D eigenvalue weighted by atomic mass is 10.3. The Balaban J connectivity index is 2.62. The van der Waals surface area contributed by atoms with E-state index >= 15 is 0 Å². The Morgan fingerprint density at radius 1 is 1.53 bits per heavy atom. The Morgan fingerprint density at radius 2 is 2.20 bits per heavy atom. The van der Waals surface area contributed by atoms with E-state index in [1.54, 1.807) is 6.07 Å². The van der Waals surface area contributed by atoms with E-state index in [2.05, 4.69) is 0 Å². The van der Waals surface area contributed by atoms with Crippen molar-refractivity contribution in [2.75, 3.05) is 11.5 Å². The number of nitrogen functional groups attached to an aromatic ring is 1. The van der Waals surface area contributed by atoms with Gasteiger partial charge in [-0.1, -0.05) is 0 Å². The Bertz CT molecular complexity index is 372. The van der Waals surface area contributed by atoms with Gasteiger partial charge in [-0.25, -0.2) is 4.39 Å². The van der Waals surface area contributed by atoms with Crippen molar-refractivity contribution in [3.63, 3.8) is 0 Å². The first-order chi connectivity index (χ1) is 7.00. The second-order valence-corrected chi connectivity index (χ2v) is 4.06. The highest BCUT2D eigenvalue weighted by molar-refractivity contribution is 7.99. The molecule has 4 nitrogen and oxygen atoms in total. The molecule has 0 aliphatic heterocycles. The molecule has 82 valence electrons. The molecule has 1 aromatic rings. The predicted octanol–water partition coefficient (Wildman–Crippen LogP) is 0.313. The average molecular weight is 229 g/mol. The van der Waals surface area contributed by atoms with E-state index in [0.29, 0.717) is 16.3 Å². The van der Waals surface area contributed by atoms with Crippen molar-refractivity contribution in [3.05, 3.63) is 24.0 Å². The molecule has 1 rings (SSSR count). The maximum Gasteiger partial charge on any atom is 0.235 e. The van der Waals surface area contributed by atoms with Crippen LogP contribution < -0.4 is 17.2 Å². The van der Waals surface area contributed by atoms with Gasteiger partial charge < -0.3 is 17.2 Å². The van der Waals surface area contributed by atoms with Crippen LogP contribution in [0.15, 0.2) is 23.1 Å². The number of benzene rings is 1. The van der Waals surface area contributed by atoms with Gasteiger partial charge in [0.15, 0.2) is 0 Å². The van der Waals surface area contributed by atoms with Crippen LogP contribution in [0.5, 0.6) is 0 Å². The molecule has 0 saturated heterocycles. The Kier molecular flexibility index (Phi) is 3.93. The summed E-state index contributed by atoms with van der Waals surface area (Å²) in [6.07, 6.45) is 0. The third-order valence-corrected chi connectivity index (χ3v) is 2.96. The van der Waals surface area contributed by atoms with Crippen LogP contribution in [0.3, 0.4) is 0 Å². The second-order valence-electron chi connectivity index (χ2n) is 3.00. The zero-order valence-corrected chi connectivity index (χ0v) is 8.76. The van der Waals surface area contributed by atoms with Crippen LogP contribution >= 0.6 is 11.8 Å². The van der Waals surface area contributed by atoms with Crippen LogP contribution in [0, 0.1) is 5.82 Å². The largest absolute Gasteiger partial charge is 0.398 e. The molecule has 0 heterocycles. The minimum absolute atomic E-state index is 0.325. The van der Waals surface area contributed by atoms with Gasteiger partial charge in [-0.05, 0) is 18.2 Å². The summed E-state index contributed by atoms with van der Waals surface area (Å²) in [6, 6.07) is 3.34. The molecular weight excluding hydrogens is 217 g/mol. The molecule has 0 bridgehead atoms. The number of thioether (sulfide) groups is 1. The number of halogens is 1. The first kappa shape index (κ1) is 11.8. The number of rotatable bonds is 4. The molecule has 6 heteroatoms. The quantitative estimate of drug-likeness (QED) is 0.511. The lowest BCUT2D eigenvalue weighted by molar-refractivity contribution is -0.118. The molecule has 0 aliphatic carbocycles. The summed E-state index contributed by atoms with van der Waals surface area (Å²) in [7, 11) is 0. The van der Waals surface area contributed by atoms with Gasteiger partial charge in [0.1, 0.15) is 5.82 Å². The van der Waals surface area contributed by atoms with Crippen molar-refractivity contribution < 1.29 is 9.18 Å². The fourth-order valence-electron chi connectivity index (χ4n) is 0.912. The highest BCUT2D eigenvalue weighted by Crippen LogP contribution is 2.25. The summed E-state index contributed by atoms with van der Waals surface area (Å²) in [5.41, 5.74) is 16.3. The minimum Gasteiger partial charge on any atom is -0.398 e. The lowest BCUT2D eigenvalue weighted by Crippen LogP contribution is -2.38. The van der Waals surface area contributed by atoms with Crippen molar-refractivity contribution in [1.82, 2.24) is 0 Å². The van der Waals surface area contributed by atoms with Crippen LogP contribution in [-0.2, 0) is 4.79 Å². The van der Waals surface area contributed by atoms with Gasteiger partial charge in [0.05, 0.1) is 6.04 Å². The van der Waals surface area contributed by atoms with E-state index in [4.69, 9.17) is 17.2 Å². The van der Waals surface area contributed by atoms with Gasteiger partial charge in [0.2, 0.25) is 5.91 Å². The van der Waals surface area contributed by atoms with Gasteiger partial charge >= 0.3 is 0 Å². The summed E-state index contributed by atoms with van der Waals surface area (Å²) in [6.45, 7) is 0. The zero-order valence-electron chi connectivity index (χ0n) is 7.94. The van der Waals surface area contributed by atoms with Gasteiger partial charge in [0.25, 0.3) is 0 Å². The van der Waals surface area contributed by atoms with E-state index in [0.717, 1.165) is 0 Å². The molecule has 1 unspecified atom stereocenters. The number of carbonyl (C=O) groups is 1. The Morgan fingerprint density at radius 3 is 2.73 bits per heavy atom. The van der Waals surface area contributed by atoms with E-state index in [1.807, 2.05) is 0 Å². The molecular formula is C9H12FN3OS. The van der Waals surface area contributed by atoms with Crippen LogP contribution in [-0.4, -0.2) is 17.7 Å². The molecule has 0 radical (unpaired) electrons. The van der Waals surface area contributed by atoms with E-state index in [1.165, 1.54) is 23.9 Å². The van der Waals surface area contributed by atoms with Crippen LogP contribution in [0.2, 0.25) is 0 Å². The maximum atomic E-state index is 12.7. The van der Waals surface area contributed by atoms with Gasteiger partial charge in [-0.3, -0.25) is 4.79 Å². The topological polar surface area (TPSA) is 95.1 Å². The second kappa shape index (κ2) is 4.99. The van der Waals surface area contributed by atoms with Gasteiger partial charge in [-0.2, -0.15) is 0 Å². The monoisotopic (exact) mass is 229 g/mol. The van der Waals surface area contributed by atoms with Crippen LogP contribution in [0.1, 0.15) is 0 Å². The number of carbonyl (C=O) groups excluding carboxylic acids is 1. The van der Waals surface area contributed by atoms with E-state index < -0.39 is 17.8 Å². The van der Waals surface area contributed by atoms with E-state index in [-0.39, 0.29) is 0 Å². The van der Waals surface area contributed by atoms with Crippen molar-refractivity contribution in [2.24, 2.45) is 11.5 Å². The number of anilines is 1. The summed E-state index contributed by atoms with van der Waals surface area (Å²) in [5, 5.41) is 0. The number of primary amides is 1. The number of hydrogen-bond donors (Lipinski definition) is 3. The summed E-state index contributed by atoms with van der Waals surface area (Å²) >= 11 is 1.27. The molecule has 6 N–H and O–H groups in total. The fourth-order valence-corrected chi connectivity index (χ4v) is 1.83. The smallest absolute Gasteiger partial charge is 0.235 e. The number of nitrogens with two attached hydrogens (primary N) is 3. The van der Waals surface area contributed by atoms with Crippen molar-refractivity contribution >= 4 is 23.4 Å². The Hall–Kier alpha value is -1.27. The first-order valence-corrected chi connectivity index (χ1v) is 5.22. The van der Waals surface area contributed by atoms with Crippen LogP contribution in [0.4, 0.5) is 10.1 Å². The third-order valence-electron chi connectivity index (χ3n) is 1.76. The summed E-state index contributed by atoms with van der Waals surface area (Å²) in [4.78, 5) is 11.3. The fraction of sp³-hybridized carbons (Fsp3) is 0.222. The standard InChI is InChI=1S/C9H12FN3OS/c10-5-1-2-8(6(11)3-5)15-4-7(12)9(13)14/h1-3,7H,4,11-12H2,(H2,13,14). The number of amides is 1. The highest BCUT2D eigenvalue weighted by atomic mass is 32.2. The summed E-state index contributed by atoms with van der Waals surface area (Å²) < 4.78 is 12.7. The molecule has 0 spiro atoms. The minimum atomic E-state index is -0.723. The molecule has 0 saturated carbocycles. The van der Waals surface area contributed by atoms with E-state index in [9.17, 15) is 9.18 Å².